The summed E-state index contributed by atoms with van der Waals surface area (Å²) >= 11 is 5.93. The number of methoxy groups -OCH3 is 1. The van der Waals surface area contributed by atoms with Crippen LogP contribution in [0.3, 0.4) is 0 Å². The Morgan fingerprint density at radius 2 is 2.08 bits per heavy atom. The summed E-state index contributed by atoms with van der Waals surface area (Å²) in [5.74, 6) is 0.948. The summed E-state index contributed by atoms with van der Waals surface area (Å²) in [7, 11) is 1.56. The second kappa shape index (κ2) is 7.93. The first-order valence-corrected chi connectivity index (χ1v) is 8.32. The van der Waals surface area contributed by atoms with E-state index in [0.29, 0.717) is 28.7 Å². The fourth-order valence-corrected chi connectivity index (χ4v) is 2.57. The molecule has 1 N–H and O–H groups in total. The summed E-state index contributed by atoms with van der Waals surface area (Å²) in [6.45, 7) is 2.44. The normalized spacial score (nSPS) is 11.0. The van der Waals surface area contributed by atoms with Crippen LogP contribution in [-0.2, 0) is 0 Å². The van der Waals surface area contributed by atoms with Crippen LogP contribution in [0.25, 0.3) is 11.0 Å². The minimum absolute atomic E-state index is 0.156. The summed E-state index contributed by atoms with van der Waals surface area (Å²) in [5.41, 5.74) is 3.77. The number of carbonyl (C=O) groups is 1. The number of halogens is 1. The number of carbonyl (C=O) groups excluding carboxylic acids is 1. The highest BCUT2D eigenvalue weighted by atomic mass is 35.5. The molecule has 6 nitrogen and oxygen atoms in total. The Kier molecular flexibility index (Phi) is 5.43. The number of rotatable bonds is 6. The lowest BCUT2D eigenvalue weighted by Gasteiger charge is -2.09. The Bertz CT molecular complexity index is 965. The van der Waals surface area contributed by atoms with Crippen molar-refractivity contribution in [3.05, 3.63) is 58.8 Å². The first-order valence-electron chi connectivity index (χ1n) is 7.94. The minimum atomic E-state index is -0.452. The van der Waals surface area contributed by atoms with E-state index in [9.17, 15) is 4.79 Å². The molecule has 0 radical (unpaired) electrons. The fraction of sp³-hybridized carbons (Fsp3) is 0.158. The topological polar surface area (TPSA) is 73.1 Å². The van der Waals surface area contributed by atoms with Gasteiger partial charge in [0.15, 0.2) is 17.3 Å². The van der Waals surface area contributed by atoms with Crippen molar-refractivity contribution in [1.29, 1.82) is 0 Å². The molecule has 1 aromatic heterocycles. The first kappa shape index (κ1) is 17.8. The van der Waals surface area contributed by atoms with E-state index in [2.05, 4.69) is 10.5 Å². The molecule has 1 heterocycles. The quantitative estimate of drug-likeness (QED) is 0.518. The van der Waals surface area contributed by atoms with Crippen LogP contribution in [-0.4, -0.2) is 25.8 Å². The third-order valence-electron chi connectivity index (χ3n) is 3.57. The van der Waals surface area contributed by atoms with Crippen LogP contribution in [0.15, 0.2) is 52.0 Å². The molecule has 26 heavy (non-hydrogen) atoms. The number of fused-ring (bicyclic) bond motifs is 1. The number of furan rings is 1. The predicted octanol–water partition coefficient (Wildman–Crippen LogP) is 4.26. The van der Waals surface area contributed by atoms with Crippen molar-refractivity contribution in [2.45, 2.75) is 6.92 Å². The van der Waals surface area contributed by atoms with Crippen LogP contribution in [0.2, 0.25) is 5.02 Å². The zero-order valence-corrected chi connectivity index (χ0v) is 15.0. The van der Waals surface area contributed by atoms with E-state index in [1.807, 2.05) is 13.0 Å². The number of amides is 1. The lowest BCUT2D eigenvalue weighted by atomic mass is 10.2. The van der Waals surface area contributed by atoms with Gasteiger partial charge in [0.25, 0.3) is 0 Å². The smallest absolute Gasteiger partial charge is 0.307 e. The molecule has 134 valence electrons. The van der Waals surface area contributed by atoms with Gasteiger partial charge in [-0.2, -0.15) is 5.10 Å². The van der Waals surface area contributed by atoms with E-state index in [0.717, 1.165) is 10.9 Å². The molecule has 0 spiro atoms. The van der Waals surface area contributed by atoms with Gasteiger partial charge in [0, 0.05) is 10.4 Å². The van der Waals surface area contributed by atoms with E-state index >= 15 is 0 Å². The summed E-state index contributed by atoms with van der Waals surface area (Å²) < 4.78 is 16.2. The fourth-order valence-electron chi connectivity index (χ4n) is 2.39. The number of nitrogens with zero attached hydrogens (tertiary/aromatic N) is 1. The Morgan fingerprint density at radius 1 is 1.23 bits per heavy atom. The molecule has 1 amide bonds. The number of hydrazone groups is 1. The van der Waals surface area contributed by atoms with Gasteiger partial charge in [-0.3, -0.25) is 4.79 Å². The number of ether oxygens (including phenoxy) is 2. The van der Waals surface area contributed by atoms with Gasteiger partial charge in [-0.25, -0.2) is 5.43 Å². The number of hydrogen-bond acceptors (Lipinski definition) is 5. The molecule has 0 saturated carbocycles. The maximum Gasteiger partial charge on any atom is 0.307 e. The van der Waals surface area contributed by atoms with E-state index in [-0.39, 0.29) is 5.76 Å². The molecular weight excluding hydrogens is 356 g/mol. The van der Waals surface area contributed by atoms with E-state index in [1.165, 1.54) is 6.21 Å². The summed E-state index contributed by atoms with van der Waals surface area (Å²) in [6.07, 6.45) is 1.51. The molecule has 0 aliphatic heterocycles. The van der Waals surface area contributed by atoms with Crippen LogP contribution >= 0.6 is 11.6 Å². The lowest BCUT2D eigenvalue weighted by Crippen LogP contribution is -2.16. The van der Waals surface area contributed by atoms with Crippen LogP contribution in [0.4, 0.5) is 0 Å². The minimum Gasteiger partial charge on any atom is -0.493 e. The van der Waals surface area contributed by atoms with Gasteiger partial charge in [-0.15, -0.1) is 0 Å². The molecule has 3 aromatic rings. The SMILES string of the molecule is CCOc1ccc(/C=N/NC(=O)c2cc3cc(Cl)ccc3o2)cc1OC. The van der Waals surface area contributed by atoms with Gasteiger partial charge in [0.2, 0.25) is 0 Å². The Labute approximate surface area is 155 Å². The van der Waals surface area contributed by atoms with Gasteiger partial charge in [-0.05, 0) is 55.0 Å². The average molecular weight is 373 g/mol. The predicted molar refractivity (Wildman–Crippen MR) is 100 cm³/mol. The molecule has 0 aliphatic carbocycles. The largest absolute Gasteiger partial charge is 0.493 e. The van der Waals surface area contributed by atoms with Crippen molar-refractivity contribution < 1.29 is 18.7 Å². The number of hydrogen-bond donors (Lipinski definition) is 1. The van der Waals surface area contributed by atoms with E-state index < -0.39 is 5.91 Å². The second-order valence-corrected chi connectivity index (χ2v) is 5.77. The molecule has 0 fully saturated rings. The standard InChI is InChI=1S/C19H17ClN2O4/c1-3-25-16-6-4-12(8-17(16)24-2)11-21-22-19(23)18-10-13-9-14(20)5-7-15(13)26-18/h4-11H,3H2,1-2H3,(H,22,23)/b21-11+. The second-order valence-electron chi connectivity index (χ2n) is 5.34. The zero-order valence-electron chi connectivity index (χ0n) is 14.3. The molecule has 7 heteroatoms. The maximum absolute atomic E-state index is 12.2. The molecule has 0 saturated heterocycles. The van der Waals surface area contributed by atoms with Crippen molar-refractivity contribution in [1.82, 2.24) is 5.43 Å². The Hall–Kier alpha value is -2.99. The highest BCUT2D eigenvalue weighted by Crippen LogP contribution is 2.27. The van der Waals surface area contributed by atoms with E-state index in [4.69, 9.17) is 25.5 Å². The van der Waals surface area contributed by atoms with Crippen LogP contribution in [0, 0.1) is 0 Å². The molecule has 0 unspecified atom stereocenters. The zero-order chi connectivity index (χ0) is 18.5. The Morgan fingerprint density at radius 3 is 2.85 bits per heavy atom. The summed E-state index contributed by atoms with van der Waals surface area (Å²) in [5, 5.41) is 5.28. The first-order chi connectivity index (χ1) is 12.6. The van der Waals surface area contributed by atoms with Gasteiger partial charge in [-0.1, -0.05) is 11.6 Å². The summed E-state index contributed by atoms with van der Waals surface area (Å²) in [6, 6.07) is 12.1. The van der Waals surface area contributed by atoms with Gasteiger partial charge >= 0.3 is 5.91 Å². The molecular formula is C19H17ClN2O4. The van der Waals surface area contributed by atoms with Crippen molar-refractivity contribution in [3.8, 4) is 11.5 Å². The molecule has 0 atom stereocenters. The molecule has 0 aliphatic rings. The maximum atomic E-state index is 12.2. The van der Waals surface area contributed by atoms with Crippen molar-refractivity contribution in [2.24, 2.45) is 5.10 Å². The van der Waals surface area contributed by atoms with E-state index in [1.54, 1.807) is 43.5 Å². The van der Waals surface area contributed by atoms with Crippen LogP contribution < -0.4 is 14.9 Å². The van der Waals surface area contributed by atoms with Crippen molar-refractivity contribution in [3.63, 3.8) is 0 Å². The van der Waals surface area contributed by atoms with Gasteiger partial charge < -0.3 is 13.9 Å². The highest BCUT2D eigenvalue weighted by molar-refractivity contribution is 6.31. The number of benzene rings is 2. The number of nitrogens with one attached hydrogen (secondary N) is 1. The monoisotopic (exact) mass is 372 g/mol. The third kappa shape index (κ3) is 3.97. The molecule has 0 bridgehead atoms. The van der Waals surface area contributed by atoms with Crippen LogP contribution in [0.1, 0.15) is 23.0 Å². The van der Waals surface area contributed by atoms with Gasteiger partial charge in [0.1, 0.15) is 5.58 Å². The third-order valence-corrected chi connectivity index (χ3v) is 3.80. The lowest BCUT2D eigenvalue weighted by molar-refractivity contribution is 0.0929. The average Bonchev–Trinajstić information content (AvgIpc) is 3.06. The molecule has 3 rings (SSSR count). The van der Waals surface area contributed by atoms with Crippen molar-refractivity contribution in [2.75, 3.05) is 13.7 Å². The van der Waals surface area contributed by atoms with Gasteiger partial charge in [0.05, 0.1) is 19.9 Å². The summed E-state index contributed by atoms with van der Waals surface area (Å²) in [4.78, 5) is 12.2. The molecule has 2 aromatic carbocycles. The highest BCUT2D eigenvalue weighted by Gasteiger charge is 2.11. The van der Waals surface area contributed by atoms with Crippen LogP contribution in [0.5, 0.6) is 11.5 Å². The Balaban J connectivity index is 1.70. The van der Waals surface area contributed by atoms with Crippen molar-refractivity contribution >= 4 is 34.7 Å².